The van der Waals surface area contributed by atoms with Crippen molar-refractivity contribution in [2.45, 2.75) is 44.5 Å². The molecule has 4 heteroatoms. The Hall–Kier alpha value is 0.230. The van der Waals surface area contributed by atoms with Crippen molar-refractivity contribution in [3.63, 3.8) is 0 Å². The van der Waals surface area contributed by atoms with Crippen LogP contribution in [0.2, 0.25) is 0 Å². The average molecular weight is 202 g/mol. The first kappa shape index (κ1) is 9.77. The first-order valence-corrected chi connectivity index (χ1v) is 5.85. The van der Waals surface area contributed by atoms with Gasteiger partial charge in [0, 0.05) is 23.1 Å². The van der Waals surface area contributed by atoms with E-state index in [1.54, 1.807) is 0 Å². The highest BCUT2D eigenvalue weighted by Gasteiger charge is 2.47. The van der Waals surface area contributed by atoms with Crippen molar-refractivity contribution in [3.8, 4) is 0 Å². The number of rotatable bonds is 0. The van der Waals surface area contributed by atoms with E-state index < -0.39 is 6.35 Å². The third-order valence-electron chi connectivity index (χ3n) is 2.79. The van der Waals surface area contributed by atoms with Gasteiger partial charge in [0.05, 0.1) is 0 Å². The first-order valence-electron chi connectivity index (χ1n) is 4.80. The van der Waals surface area contributed by atoms with Crippen LogP contribution in [0.5, 0.6) is 0 Å². The van der Waals surface area contributed by atoms with E-state index >= 15 is 0 Å². The lowest BCUT2D eigenvalue weighted by atomic mass is 9.86. The minimum Gasteiger partial charge on any atom is -0.365 e. The van der Waals surface area contributed by atoms with Crippen LogP contribution < -0.4 is 10.6 Å². The fourth-order valence-electron chi connectivity index (χ4n) is 2.20. The summed E-state index contributed by atoms with van der Waals surface area (Å²) >= 11 is 2.01. The Labute approximate surface area is 83.7 Å². The molecule has 2 heterocycles. The Morgan fingerprint density at radius 3 is 2.62 bits per heavy atom. The van der Waals surface area contributed by atoms with Crippen molar-refractivity contribution in [2.75, 3.05) is 5.75 Å². The van der Waals surface area contributed by atoms with E-state index in [4.69, 9.17) is 0 Å². The number of thioether (sulfide) groups is 1. The highest BCUT2D eigenvalue weighted by molar-refractivity contribution is 8.00. The minimum atomic E-state index is -0.499. The third-order valence-corrected chi connectivity index (χ3v) is 4.70. The van der Waals surface area contributed by atoms with Crippen LogP contribution in [0, 0.1) is 5.41 Å². The molecule has 0 spiro atoms. The van der Waals surface area contributed by atoms with Gasteiger partial charge in [0.25, 0.3) is 0 Å². The first-order chi connectivity index (χ1) is 5.98. The second-order valence-electron chi connectivity index (χ2n) is 4.99. The van der Waals surface area contributed by atoms with Gasteiger partial charge in [-0.1, -0.05) is 20.8 Å². The van der Waals surface area contributed by atoms with Crippen molar-refractivity contribution in [3.05, 3.63) is 0 Å². The fraction of sp³-hybridized carbons (Fsp3) is 1.00. The summed E-state index contributed by atoms with van der Waals surface area (Å²) in [5.41, 5.74) is 0.308. The second kappa shape index (κ2) is 3.12. The summed E-state index contributed by atoms with van der Waals surface area (Å²) in [6.45, 7) is 6.79. The molecule has 2 fully saturated rings. The summed E-state index contributed by atoms with van der Waals surface area (Å²) < 4.78 is 0. The van der Waals surface area contributed by atoms with Crippen molar-refractivity contribution in [2.24, 2.45) is 5.41 Å². The molecule has 0 aromatic rings. The summed E-state index contributed by atoms with van der Waals surface area (Å²) in [7, 11) is 0. The Balaban J connectivity index is 2.09. The van der Waals surface area contributed by atoms with E-state index in [9.17, 15) is 5.11 Å². The van der Waals surface area contributed by atoms with Crippen LogP contribution in [0.1, 0.15) is 20.8 Å². The van der Waals surface area contributed by atoms with Crippen LogP contribution in [0.15, 0.2) is 0 Å². The van der Waals surface area contributed by atoms with Crippen molar-refractivity contribution >= 4 is 11.8 Å². The molecule has 0 bridgehead atoms. The zero-order chi connectivity index (χ0) is 9.64. The van der Waals surface area contributed by atoms with E-state index in [2.05, 4.69) is 31.4 Å². The molecule has 0 saturated carbocycles. The van der Waals surface area contributed by atoms with Crippen molar-refractivity contribution < 1.29 is 5.11 Å². The number of fused-ring (bicyclic) bond motifs is 1. The largest absolute Gasteiger partial charge is 0.365 e. The molecule has 2 aliphatic rings. The average Bonchev–Trinajstić information content (AvgIpc) is 2.41. The Bertz CT molecular complexity index is 204. The Morgan fingerprint density at radius 1 is 1.31 bits per heavy atom. The maximum atomic E-state index is 9.39. The van der Waals surface area contributed by atoms with E-state index in [1.807, 2.05) is 11.8 Å². The SMILES string of the molecule is CC(C)(C)C1SCC2NC(O)NC21. The molecule has 0 amide bonds. The summed E-state index contributed by atoms with van der Waals surface area (Å²) in [6, 6.07) is 0.879. The molecular weight excluding hydrogens is 184 g/mol. The fourth-order valence-corrected chi connectivity index (χ4v) is 3.90. The van der Waals surface area contributed by atoms with Gasteiger partial charge in [-0.2, -0.15) is 11.8 Å². The van der Waals surface area contributed by atoms with Gasteiger partial charge in [-0.25, -0.2) is 0 Å². The standard InChI is InChI=1S/C9H18N2OS/c1-9(2,3)7-6-5(4-13-7)10-8(12)11-6/h5-8,10-12H,4H2,1-3H3. The summed E-state index contributed by atoms with van der Waals surface area (Å²) in [4.78, 5) is 0. The van der Waals surface area contributed by atoms with Gasteiger partial charge in [-0.3, -0.25) is 10.6 Å². The zero-order valence-corrected chi connectivity index (χ0v) is 9.19. The van der Waals surface area contributed by atoms with Crippen molar-refractivity contribution in [1.29, 1.82) is 0 Å². The Kier molecular flexibility index (Phi) is 2.35. The van der Waals surface area contributed by atoms with Gasteiger partial charge in [0.15, 0.2) is 6.35 Å². The summed E-state index contributed by atoms with van der Waals surface area (Å²) in [5, 5.41) is 16.3. The van der Waals surface area contributed by atoms with E-state index in [-0.39, 0.29) is 0 Å². The van der Waals surface area contributed by atoms with Crippen LogP contribution >= 0.6 is 11.8 Å². The van der Waals surface area contributed by atoms with Gasteiger partial charge >= 0.3 is 0 Å². The summed E-state index contributed by atoms with van der Waals surface area (Å²) in [5.74, 6) is 1.11. The van der Waals surface area contributed by atoms with Crippen LogP contribution in [0.4, 0.5) is 0 Å². The lowest BCUT2D eigenvalue weighted by molar-refractivity contribution is 0.128. The normalized spacial score (nSPS) is 45.2. The van der Waals surface area contributed by atoms with Gasteiger partial charge in [-0.15, -0.1) is 0 Å². The van der Waals surface area contributed by atoms with Gasteiger partial charge in [0.2, 0.25) is 0 Å². The van der Waals surface area contributed by atoms with Crippen molar-refractivity contribution in [1.82, 2.24) is 10.6 Å². The maximum absolute atomic E-state index is 9.39. The van der Waals surface area contributed by atoms with Gasteiger partial charge in [-0.05, 0) is 5.41 Å². The van der Waals surface area contributed by atoms with E-state index in [0.717, 1.165) is 5.75 Å². The monoisotopic (exact) mass is 202 g/mol. The number of hydrogen-bond donors (Lipinski definition) is 3. The predicted octanol–water partition coefficient (Wildman–Crippen LogP) is 0.354. The molecule has 2 aliphatic heterocycles. The number of nitrogens with one attached hydrogen (secondary N) is 2. The Morgan fingerprint density at radius 2 is 2.00 bits per heavy atom. The lowest BCUT2D eigenvalue weighted by Crippen LogP contribution is -2.43. The molecule has 4 atom stereocenters. The van der Waals surface area contributed by atoms with Crippen LogP contribution in [-0.2, 0) is 0 Å². The smallest absolute Gasteiger partial charge is 0.161 e. The predicted molar refractivity (Wildman–Crippen MR) is 55.6 cm³/mol. The molecule has 0 aromatic carbocycles. The topological polar surface area (TPSA) is 44.3 Å². The molecule has 2 saturated heterocycles. The van der Waals surface area contributed by atoms with Crippen LogP contribution in [0.25, 0.3) is 0 Å². The van der Waals surface area contributed by atoms with Crippen LogP contribution in [0.3, 0.4) is 0 Å². The zero-order valence-electron chi connectivity index (χ0n) is 8.37. The van der Waals surface area contributed by atoms with E-state index in [0.29, 0.717) is 22.7 Å². The van der Waals surface area contributed by atoms with Gasteiger partial charge < -0.3 is 5.11 Å². The molecule has 4 unspecified atom stereocenters. The van der Waals surface area contributed by atoms with Crippen LogP contribution in [-0.4, -0.2) is 34.5 Å². The third kappa shape index (κ3) is 1.73. The molecule has 0 aliphatic carbocycles. The molecule has 0 radical (unpaired) electrons. The number of aliphatic hydroxyl groups excluding tert-OH is 1. The molecule has 2 rings (SSSR count). The lowest BCUT2D eigenvalue weighted by Gasteiger charge is -2.30. The number of hydrogen-bond acceptors (Lipinski definition) is 4. The molecular formula is C9H18N2OS. The molecule has 3 nitrogen and oxygen atoms in total. The molecule has 76 valence electrons. The summed E-state index contributed by atoms with van der Waals surface area (Å²) in [6.07, 6.45) is -0.499. The second-order valence-corrected chi connectivity index (χ2v) is 6.16. The molecule has 13 heavy (non-hydrogen) atoms. The van der Waals surface area contributed by atoms with E-state index in [1.165, 1.54) is 0 Å². The highest BCUT2D eigenvalue weighted by atomic mass is 32.2. The van der Waals surface area contributed by atoms with Gasteiger partial charge in [0.1, 0.15) is 0 Å². The quantitative estimate of drug-likeness (QED) is 0.530. The molecule has 3 N–H and O–H groups in total. The highest BCUT2D eigenvalue weighted by Crippen LogP contribution is 2.40. The minimum absolute atomic E-state index is 0.308. The molecule has 0 aromatic heterocycles. The number of aliphatic hydroxyl groups is 1. The maximum Gasteiger partial charge on any atom is 0.161 e.